The Morgan fingerprint density at radius 1 is 1.14 bits per heavy atom. The van der Waals surface area contributed by atoms with Crippen molar-refractivity contribution in [3.05, 3.63) is 29.3 Å². The number of carboxylic acids is 1. The number of aryl methyl sites for hydroxylation is 1. The van der Waals surface area contributed by atoms with Crippen LogP contribution >= 0.6 is 0 Å². The normalized spacial score (nSPS) is 20.9. The van der Waals surface area contributed by atoms with Crippen LogP contribution in [0.25, 0.3) is 0 Å². The van der Waals surface area contributed by atoms with Gasteiger partial charge in [0, 0.05) is 32.2 Å². The van der Waals surface area contributed by atoms with E-state index in [1.807, 2.05) is 19.1 Å². The van der Waals surface area contributed by atoms with Crippen LogP contribution in [0.1, 0.15) is 41.6 Å². The average Bonchev–Trinajstić information content (AvgIpc) is 3.01. The van der Waals surface area contributed by atoms with Gasteiger partial charge in [0.2, 0.25) is 0 Å². The Morgan fingerprint density at radius 2 is 1.81 bits per heavy atom. The van der Waals surface area contributed by atoms with Crippen LogP contribution in [-0.4, -0.2) is 48.2 Å². The third-order valence-corrected chi connectivity index (χ3v) is 4.94. The van der Waals surface area contributed by atoms with Crippen molar-refractivity contribution in [2.45, 2.75) is 38.6 Å². The molecule has 1 aliphatic heterocycles. The van der Waals surface area contributed by atoms with Crippen LogP contribution in [0.4, 0.5) is 5.69 Å². The molecule has 1 aliphatic carbocycles. The largest absolute Gasteiger partial charge is 0.478 e. The van der Waals surface area contributed by atoms with Crippen molar-refractivity contribution >= 4 is 11.7 Å². The summed E-state index contributed by atoms with van der Waals surface area (Å²) < 4.78 is 0. The number of carboxylic acid groups (broad SMARTS) is 1. The SMILES string of the molecule is Cc1cccc(C(=O)O)c1N1CCN(C2CCCC2)CC1. The molecule has 1 saturated carbocycles. The van der Waals surface area contributed by atoms with E-state index in [-0.39, 0.29) is 0 Å². The van der Waals surface area contributed by atoms with Crippen molar-refractivity contribution in [1.82, 2.24) is 4.90 Å². The number of para-hydroxylation sites is 1. The van der Waals surface area contributed by atoms with Gasteiger partial charge < -0.3 is 10.0 Å². The standard InChI is InChI=1S/C17H24N2O2/c1-13-5-4-8-15(17(20)21)16(13)19-11-9-18(10-12-19)14-6-2-3-7-14/h4-5,8,14H,2-3,6-7,9-12H2,1H3,(H,20,21). The Bertz CT molecular complexity index is 516. The monoisotopic (exact) mass is 288 g/mol. The zero-order valence-electron chi connectivity index (χ0n) is 12.7. The highest BCUT2D eigenvalue weighted by Gasteiger charge is 2.28. The maximum atomic E-state index is 11.5. The van der Waals surface area contributed by atoms with Crippen molar-refractivity contribution in [3.63, 3.8) is 0 Å². The Hall–Kier alpha value is -1.55. The van der Waals surface area contributed by atoms with Crippen LogP contribution < -0.4 is 4.90 Å². The molecule has 1 N–H and O–H groups in total. The van der Waals surface area contributed by atoms with Gasteiger partial charge in [-0.15, -0.1) is 0 Å². The number of benzene rings is 1. The van der Waals surface area contributed by atoms with Gasteiger partial charge in [-0.1, -0.05) is 25.0 Å². The quantitative estimate of drug-likeness (QED) is 0.929. The zero-order chi connectivity index (χ0) is 14.8. The first-order chi connectivity index (χ1) is 10.2. The zero-order valence-corrected chi connectivity index (χ0v) is 12.7. The number of hydrogen-bond donors (Lipinski definition) is 1. The van der Waals surface area contributed by atoms with E-state index in [1.165, 1.54) is 25.7 Å². The molecule has 1 saturated heterocycles. The van der Waals surface area contributed by atoms with E-state index in [2.05, 4.69) is 9.80 Å². The lowest BCUT2D eigenvalue weighted by molar-refractivity contribution is 0.0697. The smallest absolute Gasteiger partial charge is 0.337 e. The van der Waals surface area contributed by atoms with E-state index in [0.29, 0.717) is 5.56 Å². The van der Waals surface area contributed by atoms with Gasteiger partial charge in [0.25, 0.3) is 0 Å². The lowest BCUT2D eigenvalue weighted by Crippen LogP contribution is -2.50. The van der Waals surface area contributed by atoms with Gasteiger partial charge >= 0.3 is 5.97 Å². The maximum absolute atomic E-state index is 11.5. The van der Waals surface area contributed by atoms with E-state index < -0.39 is 5.97 Å². The summed E-state index contributed by atoms with van der Waals surface area (Å²) in [5.74, 6) is -0.827. The fourth-order valence-electron chi connectivity index (χ4n) is 3.83. The summed E-state index contributed by atoms with van der Waals surface area (Å²) >= 11 is 0. The number of piperazine rings is 1. The fourth-order valence-corrected chi connectivity index (χ4v) is 3.83. The number of aromatic carboxylic acids is 1. The molecule has 0 unspecified atom stereocenters. The minimum Gasteiger partial charge on any atom is -0.478 e. The molecule has 2 fully saturated rings. The molecule has 3 rings (SSSR count). The van der Waals surface area contributed by atoms with Crippen molar-refractivity contribution < 1.29 is 9.90 Å². The summed E-state index contributed by atoms with van der Waals surface area (Å²) in [5.41, 5.74) is 2.41. The average molecular weight is 288 g/mol. The van der Waals surface area contributed by atoms with Crippen LogP contribution in [0.15, 0.2) is 18.2 Å². The van der Waals surface area contributed by atoms with Gasteiger partial charge in [0.1, 0.15) is 0 Å². The molecule has 0 amide bonds. The van der Waals surface area contributed by atoms with Gasteiger partial charge in [-0.2, -0.15) is 0 Å². The number of nitrogens with zero attached hydrogens (tertiary/aromatic N) is 2. The van der Waals surface area contributed by atoms with Gasteiger partial charge in [-0.25, -0.2) is 4.79 Å². The molecule has 4 nitrogen and oxygen atoms in total. The summed E-state index contributed by atoms with van der Waals surface area (Å²) in [7, 11) is 0. The Morgan fingerprint density at radius 3 is 2.43 bits per heavy atom. The van der Waals surface area contributed by atoms with Gasteiger partial charge in [0.15, 0.2) is 0 Å². The number of hydrogen-bond acceptors (Lipinski definition) is 3. The summed E-state index contributed by atoms with van der Waals surface area (Å²) in [6, 6.07) is 6.32. The Labute approximate surface area is 126 Å². The molecule has 1 aromatic rings. The van der Waals surface area contributed by atoms with Crippen LogP contribution in [0, 0.1) is 6.92 Å². The summed E-state index contributed by atoms with van der Waals surface area (Å²) in [5, 5.41) is 9.41. The van der Waals surface area contributed by atoms with Crippen LogP contribution in [-0.2, 0) is 0 Å². The number of anilines is 1. The molecule has 0 atom stereocenters. The maximum Gasteiger partial charge on any atom is 0.337 e. The molecular formula is C17H24N2O2. The second-order valence-corrected chi connectivity index (χ2v) is 6.24. The van der Waals surface area contributed by atoms with E-state index in [4.69, 9.17) is 0 Å². The minimum absolute atomic E-state index is 0.435. The topological polar surface area (TPSA) is 43.8 Å². The highest BCUT2D eigenvalue weighted by Crippen LogP contribution is 2.29. The van der Waals surface area contributed by atoms with E-state index >= 15 is 0 Å². The molecule has 1 aromatic carbocycles. The van der Waals surface area contributed by atoms with Gasteiger partial charge in [-0.3, -0.25) is 4.90 Å². The number of rotatable bonds is 3. The molecule has 1 heterocycles. The van der Waals surface area contributed by atoms with E-state index in [1.54, 1.807) is 6.07 Å². The van der Waals surface area contributed by atoms with Crippen LogP contribution in [0.3, 0.4) is 0 Å². The van der Waals surface area contributed by atoms with Crippen molar-refractivity contribution in [3.8, 4) is 0 Å². The second kappa shape index (κ2) is 6.06. The van der Waals surface area contributed by atoms with Gasteiger partial charge in [0.05, 0.1) is 11.3 Å². The predicted octanol–water partition coefficient (Wildman–Crippen LogP) is 2.76. The molecule has 0 bridgehead atoms. The third kappa shape index (κ3) is 2.91. The van der Waals surface area contributed by atoms with Crippen LogP contribution in [0.2, 0.25) is 0 Å². The second-order valence-electron chi connectivity index (χ2n) is 6.24. The highest BCUT2D eigenvalue weighted by atomic mass is 16.4. The highest BCUT2D eigenvalue weighted by molar-refractivity contribution is 5.95. The summed E-state index contributed by atoms with van der Waals surface area (Å²) in [4.78, 5) is 16.3. The predicted molar refractivity (Wildman–Crippen MR) is 84.2 cm³/mol. The molecule has 0 aromatic heterocycles. The lowest BCUT2D eigenvalue weighted by Gasteiger charge is -2.40. The molecule has 4 heteroatoms. The molecule has 0 spiro atoms. The summed E-state index contributed by atoms with van der Waals surface area (Å²) in [6.45, 7) is 5.98. The first-order valence-corrected chi connectivity index (χ1v) is 7.98. The van der Waals surface area contributed by atoms with Crippen LogP contribution in [0.5, 0.6) is 0 Å². The Balaban J connectivity index is 1.73. The van der Waals surface area contributed by atoms with Crippen molar-refractivity contribution in [2.75, 3.05) is 31.1 Å². The molecule has 0 radical (unpaired) electrons. The molecule has 114 valence electrons. The fraction of sp³-hybridized carbons (Fsp3) is 0.588. The lowest BCUT2D eigenvalue weighted by atomic mass is 10.1. The molecule has 2 aliphatic rings. The molecular weight excluding hydrogens is 264 g/mol. The summed E-state index contributed by atoms with van der Waals surface area (Å²) in [6.07, 6.45) is 5.41. The van der Waals surface area contributed by atoms with E-state index in [0.717, 1.165) is 43.5 Å². The van der Waals surface area contributed by atoms with Gasteiger partial charge in [-0.05, 0) is 31.4 Å². The first kappa shape index (κ1) is 14.4. The Kier molecular flexibility index (Phi) is 4.15. The molecule has 21 heavy (non-hydrogen) atoms. The minimum atomic E-state index is -0.827. The van der Waals surface area contributed by atoms with Crippen molar-refractivity contribution in [2.24, 2.45) is 0 Å². The third-order valence-electron chi connectivity index (χ3n) is 4.94. The first-order valence-electron chi connectivity index (χ1n) is 7.98. The van der Waals surface area contributed by atoms with E-state index in [9.17, 15) is 9.90 Å². The van der Waals surface area contributed by atoms with Crippen molar-refractivity contribution in [1.29, 1.82) is 0 Å². The number of carbonyl (C=O) groups is 1.